The minimum absolute atomic E-state index is 1.03. The van der Waals surface area contributed by atoms with Crippen LogP contribution in [-0.4, -0.2) is 24.3 Å². The van der Waals surface area contributed by atoms with Gasteiger partial charge >= 0.3 is 0 Å². The summed E-state index contributed by atoms with van der Waals surface area (Å²) in [7, 11) is 0. The quantitative estimate of drug-likeness (QED) is 0.426. The van der Waals surface area contributed by atoms with E-state index >= 15 is 0 Å². The van der Waals surface area contributed by atoms with E-state index < -0.39 is 0 Å². The zero-order chi connectivity index (χ0) is 8.53. The van der Waals surface area contributed by atoms with Gasteiger partial charge in [0.05, 0.1) is 0 Å². The summed E-state index contributed by atoms with van der Waals surface area (Å²) in [5, 5.41) is 6.47. The standard InChI is InChI=1S/C9H20N2/c1-4-7-10-11(8-5-2)9-6-3/h7H,4-6,8-9H2,1-3H3/b10-7-. The van der Waals surface area contributed by atoms with Crippen LogP contribution in [0.4, 0.5) is 0 Å². The van der Waals surface area contributed by atoms with Gasteiger partial charge in [-0.1, -0.05) is 20.8 Å². The number of hydrogen-bond acceptors (Lipinski definition) is 2. The van der Waals surface area contributed by atoms with Gasteiger partial charge in [-0.15, -0.1) is 0 Å². The molecule has 0 fully saturated rings. The molecular weight excluding hydrogens is 136 g/mol. The molecule has 0 atom stereocenters. The zero-order valence-corrected chi connectivity index (χ0v) is 8.01. The molecule has 0 aromatic carbocycles. The molecule has 0 amide bonds. The van der Waals surface area contributed by atoms with Crippen LogP contribution in [0.1, 0.15) is 40.0 Å². The molecule has 66 valence electrons. The molecule has 0 aliphatic heterocycles. The number of hydrogen-bond donors (Lipinski definition) is 0. The van der Waals surface area contributed by atoms with E-state index in [1.54, 1.807) is 0 Å². The molecule has 0 saturated carbocycles. The molecule has 0 saturated heterocycles. The van der Waals surface area contributed by atoms with Gasteiger partial charge in [0.25, 0.3) is 0 Å². The van der Waals surface area contributed by atoms with E-state index in [2.05, 4.69) is 30.9 Å². The summed E-state index contributed by atoms with van der Waals surface area (Å²) in [6, 6.07) is 0. The smallest absolute Gasteiger partial charge is 0.0357 e. The van der Waals surface area contributed by atoms with Crippen molar-refractivity contribution >= 4 is 6.21 Å². The average Bonchev–Trinajstić information content (AvgIpc) is 2.01. The van der Waals surface area contributed by atoms with Crippen LogP contribution in [0.25, 0.3) is 0 Å². The predicted octanol–water partition coefficient (Wildman–Crippen LogP) is 2.50. The second-order valence-electron chi connectivity index (χ2n) is 2.66. The summed E-state index contributed by atoms with van der Waals surface area (Å²) < 4.78 is 0. The van der Waals surface area contributed by atoms with Crippen LogP contribution in [0, 0.1) is 0 Å². The van der Waals surface area contributed by atoms with E-state index in [-0.39, 0.29) is 0 Å². The third kappa shape index (κ3) is 5.89. The van der Waals surface area contributed by atoms with Gasteiger partial charge in [0, 0.05) is 19.3 Å². The second kappa shape index (κ2) is 7.58. The fourth-order valence-electron chi connectivity index (χ4n) is 0.941. The minimum Gasteiger partial charge on any atom is -0.297 e. The van der Waals surface area contributed by atoms with Gasteiger partial charge in [0.2, 0.25) is 0 Å². The maximum Gasteiger partial charge on any atom is 0.0357 e. The predicted molar refractivity (Wildman–Crippen MR) is 50.9 cm³/mol. The SMILES string of the molecule is CC/C=N\N(CCC)CCC. The Morgan fingerprint density at radius 3 is 2.00 bits per heavy atom. The van der Waals surface area contributed by atoms with Gasteiger partial charge in [0.1, 0.15) is 0 Å². The normalized spacial score (nSPS) is 10.8. The fraction of sp³-hybridized carbons (Fsp3) is 0.889. The summed E-state index contributed by atoms with van der Waals surface area (Å²) in [5.41, 5.74) is 0. The van der Waals surface area contributed by atoms with Crippen LogP contribution < -0.4 is 0 Å². The molecule has 0 aliphatic rings. The van der Waals surface area contributed by atoms with Crippen LogP contribution in [0.2, 0.25) is 0 Å². The monoisotopic (exact) mass is 156 g/mol. The van der Waals surface area contributed by atoms with Crippen molar-refractivity contribution in [1.29, 1.82) is 0 Å². The van der Waals surface area contributed by atoms with Gasteiger partial charge in [-0.25, -0.2) is 0 Å². The van der Waals surface area contributed by atoms with Crippen molar-refractivity contribution in [3.8, 4) is 0 Å². The highest BCUT2D eigenvalue weighted by Gasteiger charge is 1.94. The van der Waals surface area contributed by atoms with Crippen molar-refractivity contribution in [3.63, 3.8) is 0 Å². The fourth-order valence-corrected chi connectivity index (χ4v) is 0.941. The van der Waals surface area contributed by atoms with Crippen molar-refractivity contribution in [2.75, 3.05) is 13.1 Å². The van der Waals surface area contributed by atoms with Crippen LogP contribution in [0.3, 0.4) is 0 Å². The minimum atomic E-state index is 1.03. The Balaban J connectivity index is 3.58. The first-order chi connectivity index (χ1) is 5.35. The van der Waals surface area contributed by atoms with E-state index in [9.17, 15) is 0 Å². The first kappa shape index (κ1) is 10.5. The Morgan fingerprint density at radius 2 is 1.64 bits per heavy atom. The Kier molecular flexibility index (Phi) is 7.21. The van der Waals surface area contributed by atoms with Gasteiger partial charge < -0.3 is 0 Å². The lowest BCUT2D eigenvalue weighted by atomic mass is 10.4. The highest BCUT2D eigenvalue weighted by atomic mass is 15.4. The molecule has 11 heavy (non-hydrogen) atoms. The molecule has 0 bridgehead atoms. The van der Waals surface area contributed by atoms with Crippen LogP contribution in [0.5, 0.6) is 0 Å². The van der Waals surface area contributed by atoms with E-state index in [0.717, 1.165) is 19.5 Å². The summed E-state index contributed by atoms with van der Waals surface area (Å²) in [6.07, 6.45) is 5.37. The van der Waals surface area contributed by atoms with Gasteiger partial charge in [0.15, 0.2) is 0 Å². The molecule has 0 unspecified atom stereocenters. The third-order valence-corrected chi connectivity index (χ3v) is 1.39. The number of rotatable bonds is 6. The summed E-state index contributed by atoms with van der Waals surface area (Å²) in [4.78, 5) is 0. The first-order valence-corrected chi connectivity index (χ1v) is 4.62. The molecule has 0 aromatic rings. The third-order valence-electron chi connectivity index (χ3n) is 1.39. The molecule has 0 aliphatic carbocycles. The highest BCUT2D eigenvalue weighted by molar-refractivity contribution is 5.55. The van der Waals surface area contributed by atoms with Gasteiger partial charge in [-0.2, -0.15) is 5.10 Å². The molecule has 0 heterocycles. The lowest BCUT2D eigenvalue weighted by Crippen LogP contribution is -2.19. The molecule has 0 rings (SSSR count). The van der Waals surface area contributed by atoms with Crippen molar-refractivity contribution in [2.45, 2.75) is 40.0 Å². The highest BCUT2D eigenvalue weighted by Crippen LogP contribution is 1.93. The van der Waals surface area contributed by atoms with Crippen LogP contribution in [-0.2, 0) is 0 Å². The molecule has 0 N–H and O–H groups in total. The lowest BCUT2D eigenvalue weighted by Gasteiger charge is -2.16. The zero-order valence-electron chi connectivity index (χ0n) is 8.01. The maximum atomic E-state index is 4.33. The van der Waals surface area contributed by atoms with E-state index in [0.29, 0.717) is 0 Å². The summed E-state index contributed by atoms with van der Waals surface area (Å²) >= 11 is 0. The van der Waals surface area contributed by atoms with E-state index in [4.69, 9.17) is 0 Å². The second-order valence-corrected chi connectivity index (χ2v) is 2.66. The topological polar surface area (TPSA) is 15.6 Å². The molecular formula is C9H20N2. The molecule has 2 heteroatoms. The Hall–Kier alpha value is -0.530. The Bertz CT molecular complexity index is 93.7. The van der Waals surface area contributed by atoms with Crippen molar-refractivity contribution < 1.29 is 0 Å². The van der Waals surface area contributed by atoms with Crippen molar-refractivity contribution in [3.05, 3.63) is 0 Å². The van der Waals surface area contributed by atoms with Crippen LogP contribution in [0.15, 0.2) is 5.10 Å². The van der Waals surface area contributed by atoms with Crippen molar-refractivity contribution in [2.24, 2.45) is 5.10 Å². The first-order valence-electron chi connectivity index (χ1n) is 4.62. The average molecular weight is 156 g/mol. The van der Waals surface area contributed by atoms with Gasteiger partial charge in [-0.05, 0) is 19.3 Å². The summed E-state index contributed by atoms with van der Waals surface area (Å²) in [6.45, 7) is 8.66. The van der Waals surface area contributed by atoms with E-state index in [1.165, 1.54) is 12.8 Å². The number of hydrazone groups is 1. The molecule has 2 nitrogen and oxygen atoms in total. The lowest BCUT2D eigenvalue weighted by molar-refractivity contribution is 0.290. The number of nitrogens with zero attached hydrogens (tertiary/aromatic N) is 2. The Labute approximate surface area is 70.3 Å². The van der Waals surface area contributed by atoms with Crippen molar-refractivity contribution in [1.82, 2.24) is 5.01 Å². The largest absolute Gasteiger partial charge is 0.297 e. The molecule has 0 radical (unpaired) electrons. The maximum absolute atomic E-state index is 4.33. The van der Waals surface area contributed by atoms with Gasteiger partial charge in [-0.3, -0.25) is 5.01 Å². The van der Waals surface area contributed by atoms with E-state index in [1.807, 2.05) is 6.21 Å². The van der Waals surface area contributed by atoms with Crippen LogP contribution >= 0.6 is 0 Å². The molecule has 0 aromatic heterocycles. The Morgan fingerprint density at radius 1 is 1.09 bits per heavy atom. The summed E-state index contributed by atoms with van der Waals surface area (Å²) in [5.74, 6) is 0. The molecule has 0 spiro atoms.